The van der Waals surface area contributed by atoms with Gasteiger partial charge in [0.15, 0.2) is 5.16 Å². The van der Waals surface area contributed by atoms with E-state index < -0.39 is 0 Å². The Morgan fingerprint density at radius 2 is 1.84 bits per heavy atom. The average Bonchev–Trinajstić information content (AvgIpc) is 2.26. The molecule has 0 unspecified atom stereocenters. The second kappa shape index (κ2) is 5.27. The summed E-state index contributed by atoms with van der Waals surface area (Å²) in [5.41, 5.74) is 10.9. The fourth-order valence-corrected chi connectivity index (χ4v) is 2.19. The standard InChI is InChI=1S/C11H14N6OS/c1-5(2)10-14-7(13)4-9(17-10)19-11-15-6(12)3-8(18)16-11/h3-5H,1-2H3,(H2,13,14,17)(H3,12,15,16,18). The second-order valence-electron chi connectivity index (χ2n) is 4.22. The van der Waals surface area contributed by atoms with Gasteiger partial charge in [-0.2, -0.15) is 0 Å². The molecule has 0 aliphatic rings. The molecular formula is C11H14N6OS. The van der Waals surface area contributed by atoms with Gasteiger partial charge in [-0.3, -0.25) is 4.79 Å². The Hall–Kier alpha value is -2.09. The highest BCUT2D eigenvalue weighted by molar-refractivity contribution is 7.99. The van der Waals surface area contributed by atoms with Crippen molar-refractivity contribution in [2.24, 2.45) is 0 Å². The van der Waals surface area contributed by atoms with E-state index in [9.17, 15) is 4.79 Å². The number of anilines is 2. The highest BCUT2D eigenvalue weighted by atomic mass is 32.2. The lowest BCUT2D eigenvalue weighted by atomic mass is 10.2. The summed E-state index contributed by atoms with van der Waals surface area (Å²) in [4.78, 5) is 26.4. The van der Waals surface area contributed by atoms with Crippen LogP contribution >= 0.6 is 11.8 Å². The van der Waals surface area contributed by atoms with Crippen LogP contribution in [0.3, 0.4) is 0 Å². The first-order chi connectivity index (χ1) is 8.94. The zero-order chi connectivity index (χ0) is 14.0. The number of nitrogens with two attached hydrogens (primary N) is 2. The van der Waals surface area contributed by atoms with E-state index >= 15 is 0 Å². The summed E-state index contributed by atoms with van der Waals surface area (Å²) in [5, 5.41) is 0.989. The summed E-state index contributed by atoms with van der Waals surface area (Å²) in [7, 11) is 0. The monoisotopic (exact) mass is 278 g/mol. The fraction of sp³-hybridized carbons (Fsp3) is 0.273. The van der Waals surface area contributed by atoms with Crippen molar-refractivity contribution in [3.63, 3.8) is 0 Å². The number of hydrogen-bond acceptors (Lipinski definition) is 7. The van der Waals surface area contributed by atoms with E-state index in [0.717, 1.165) is 0 Å². The van der Waals surface area contributed by atoms with Crippen molar-refractivity contribution in [3.05, 3.63) is 28.3 Å². The Morgan fingerprint density at radius 3 is 2.47 bits per heavy atom. The molecule has 19 heavy (non-hydrogen) atoms. The Bertz CT molecular complexity index is 654. The Balaban J connectivity index is 2.35. The number of nitrogens with zero attached hydrogens (tertiary/aromatic N) is 3. The van der Waals surface area contributed by atoms with Crippen molar-refractivity contribution in [1.82, 2.24) is 19.9 Å². The third kappa shape index (κ3) is 3.44. The smallest absolute Gasteiger partial charge is 0.253 e. The molecule has 7 nitrogen and oxygen atoms in total. The molecule has 8 heteroatoms. The number of rotatable bonds is 3. The molecule has 0 aromatic carbocycles. The molecule has 2 aromatic rings. The number of H-pyrrole nitrogens is 1. The summed E-state index contributed by atoms with van der Waals surface area (Å²) in [5.74, 6) is 1.36. The van der Waals surface area contributed by atoms with Gasteiger partial charge in [-0.25, -0.2) is 15.0 Å². The number of nitrogens with one attached hydrogen (secondary N) is 1. The van der Waals surface area contributed by atoms with Crippen LogP contribution in [0.5, 0.6) is 0 Å². The maximum Gasteiger partial charge on any atom is 0.253 e. The van der Waals surface area contributed by atoms with Crippen molar-refractivity contribution in [3.8, 4) is 0 Å². The van der Waals surface area contributed by atoms with Crippen LogP contribution in [0.4, 0.5) is 11.6 Å². The topological polar surface area (TPSA) is 124 Å². The highest BCUT2D eigenvalue weighted by Gasteiger charge is 2.09. The van der Waals surface area contributed by atoms with Crippen LogP contribution in [0.15, 0.2) is 27.1 Å². The maximum atomic E-state index is 11.3. The zero-order valence-corrected chi connectivity index (χ0v) is 11.4. The predicted octanol–water partition coefficient (Wildman–Crippen LogP) is 0.999. The molecule has 0 amide bonds. The van der Waals surface area contributed by atoms with Crippen molar-refractivity contribution < 1.29 is 0 Å². The lowest BCUT2D eigenvalue weighted by Crippen LogP contribution is -2.09. The Labute approximate surface area is 113 Å². The molecular weight excluding hydrogens is 264 g/mol. The van der Waals surface area contributed by atoms with Crippen LogP contribution in [0.25, 0.3) is 0 Å². The lowest BCUT2D eigenvalue weighted by Gasteiger charge is -2.07. The van der Waals surface area contributed by atoms with Crippen molar-refractivity contribution in [2.75, 3.05) is 11.5 Å². The molecule has 0 aliphatic heterocycles. The maximum absolute atomic E-state index is 11.3. The summed E-state index contributed by atoms with van der Waals surface area (Å²) in [6.45, 7) is 3.95. The molecule has 0 fully saturated rings. The lowest BCUT2D eigenvalue weighted by molar-refractivity contribution is 0.755. The highest BCUT2D eigenvalue weighted by Crippen LogP contribution is 2.25. The normalized spacial score (nSPS) is 10.9. The van der Waals surface area contributed by atoms with Gasteiger partial charge in [0.1, 0.15) is 22.5 Å². The first-order valence-electron chi connectivity index (χ1n) is 5.63. The van der Waals surface area contributed by atoms with Gasteiger partial charge in [0.05, 0.1) is 0 Å². The molecule has 0 saturated carbocycles. The van der Waals surface area contributed by atoms with Gasteiger partial charge in [0.25, 0.3) is 5.56 Å². The number of aromatic nitrogens is 4. The van der Waals surface area contributed by atoms with Crippen LogP contribution in [0.2, 0.25) is 0 Å². The zero-order valence-electron chi connectivity index (χ0n) is 10.5. The first kappa shape index (κ1) is 13.3. The van der Waals surface area contributed by atoms with E-state index in [1.807, 2.05) is 13.8 Å². The van der Waals surface area contributed by atoms with E-state index in [4.69, 9.17) is 11.5 Å². The van der Waals surface area contributed by atoms with E-state index in [2.05, 4.69) is 19.9 Å². The molecule has 5 N–H and O–H groups in total. The molecule has 100 valence electrons. The quantitative estimate of drug-likeness (QED) is 0.565. The second-order valence-corrected chi connectivity index (χ2v) is 5.23. The molecule has 0 spiro atoms. The fourth-order valence-electron chi connectivity index (χ4n) is 1.37. The van der Waals surface area contributed by atoms with E-state index in [1.54, 1.807) is 6.07 Å². The average molecular weight is 278 g/mol. The SMILES string of the molecule is CC(C)c1nc(N)cc(Sc2nc(N)cc(=O)[nH]2)n1. The molecule has 0 radical (unpaired) electrons. The predicted molar refractivity (Wildman–Crippen MR) is 73.9 cm³/mol. The summed E-state index contributed by atoms with van der Waals surface area (Å²) in [6.07, 6.45) is 0. The van der Waals surface area contributed by atoms with Crippen molar-refractivity contribution in [1.29, 1.82) is 0 Å². The van der Waals surface area contributed by atoms with Gasteiger partial charge in [0.2, 0.25) is 0 Å². The van der Waals surface area contributed by atoms with Gasteiger partial charge < -0.3 is 16.5 Å². The molecule has 2 aromatic heterocycles. The number of hydrogen-bond donors (Lipinski definition) is 3. The molecule has 0 bridgehead atoms. The van der Waals surface area contributed by atoms with Crippen molar-refractivity contribution in [2.45, 2.75) is 29.9 Å². The van der Waals surface area contributed by atoms with E-state index in [1.165, 1.54) is 17.8 Å². The Morgan fingerprint density at radius 1 is 1.16 bits per heavy atom. The molecule has 0 saturated heterocycles. The summed E-state index contributed by atoms with van der Waals surface area (Å²) in [6, 6.07) is 2.84. The van der Waals surface area contributed by atoms with Crippen LogP contribution in [-0.4, -0.2) is 19.9 Å². The minimum Gasteiger partial charge on any atom is -0.384 e. The van der Waals surface area contributed by atoms with Gasteiger partial charge in [-0.05, 0) is 11.8 Å². The van der Waals surface area contributed by atoms with Crippen molar-refractivity contribution >= 4 is 23.4 Å². The number of nitrogen functional groups attached to an aromatic ring is 2. The number of aromatic amines is 1. The minimum absolute atomic E-state index is 0.163. The third-order valence-electron chi connectivity index (χ3n) is 2.20. The Kier molecular flexibility index (Phi) is 3.70. The van der Waals surface area contributed by atoms with Crippen LogP contribution in [0.1, 0.15) is 25.6 Å². The molecule has 0 aliphatic carbocycles. The van der Waals surface area contributed by atoms with Crippen LogP contribution in [-0.2, 0) is 0 Å². The molecule has 2 heterocycles. The minimum atomic E-state index is -0.305. The summed E-state index contributed by atoms with van der Waals surface area (Å²) >= 11 is 1.18. The first-order valence-corrected chi connectivity index (χ1v) is 6.45. The van der Waals surface area contributed by atoms with Crippen LogP contribution < -0.4 is 17.0 Å². The van der Waals surface area contributed by atoms with Gasteiger partial charge in [0, 0.05) is 18.1 Å². The van der Waals surface area contributed by atoms with Crippen LogP contribution in [0, 0.1) is 0 Å². The van der Waals surface area contributed by atoms with Gasteiger partial charge in [-0.15, -0.1) is 0 Å². The largest absolute Gasteiger partial charge is 0.384 e. The van der Waals surface area contributed by atoms with Gasteiger partial charge in [-0.1, -0.05) is 13.8 Å². The van der Waals surface area contributed by atoms with E-state index in [0.29, 0.717) is 21.8 Å². The molecule has 2 rings (SSSR count). The third-order valence-corrected chi connectivity index (χ3v) is 3.00. The molecule has 0 atom stereocenters. The van der Waals surface area contributed by atoms with Gasteiger partial charge >= 0.3 is 0 Å². The summed E-state index contributed by atoms with van der Waals surface area (Å²) < 4.78 is 0. The van der Waals surface area contributed by atoms with E-state index in [-0.39, 0.29) is 17.3 Å².